The number of aromatic amines is 1. The molecule has 0 aliphatic carbocycles. The molecule has 1 heterocycles. The fraction of sp³-hybridized carbons (Fsp3) is 0.444. The lowest BCUT2D eigenvalue weighted by molar-refractivity contribution is -0.128. The molecule has 0 aliphatic rings. The van der Waals surface area contributed by atoms with Gasteiger partial charge in [0.05, 0.1) is 0 Å². The molecule has 82 valence electrons. The molecule has 0 spiro atoms. The van der Waals surface area contributed by atoms with Crippen LogP contribution >= 0.6 is 0 Å². The van der Waals surface area contributed by atoms with Crippen molar-refractivity contribution in [2.45, 2.75) is 6.42 Å². The summed E-state index contributed by atoms with van der Waals surface area (Å²) >= 11 is 0. The molecular formula is C9H14N4O2. The molecule has 6 nitrogen and oxygen atoms in total. The monoisotopic (exact) mass is 210 g/mol. The van der Waals surface area contributed by atoms with Crippen molar-refractivity contribution >= 4 is 11.7 Å². The molecule has 1 aromatic rings. The lowest BCUT2D eigenvalue weighted by atomic mass is 10.4. The highest BCUT2D eigenvalue weighted by atomic mass is 16.2. The Morgan fingerprint density at radius 1 is 1.60 bits per heavy atom. The normalized spacial score (nSPS) is 9.73. The lowest BCUT2D eigenvalue weighted by Gasteiger charge is -2.10. The van der Waals surface area contributed by atoms with Crippen LogP contribution in [0.5, 0.6) is 0 Å². The van der Waals surface area contributed by atoms with Gasteiger partial charge in [0.1, 0.15) is 0 Å². The van der Waals surface area contributed by atoms with Crippen LogP contribution < -0.4 is 10.9 Å². The zero-order valence-electron chi connectivity index (χ0n) is 8.78. The number of carbonyl (C=O) groups excluding carboxylic acids is 1. The smallest absolute Gasteiger partial charge is 0.290 e. The van der Waals surface area contributed by atoms with E-state index in [1.807, 2.05) is 0 Å². The average Bonchev–Trinajstić information content (AvgIpc) is 2.20. The van der Waals surface area contributed by atoms with Gasteiger partial charge in [-0.15, -0.1) is 0 Å². The first-order valence-corrected chi connectivity index (χ1v) is 4.59. The Hall–Kier alpha value is -1.85. The van der Waals surface area contributed by atoms with Crippen LogP contribution in [0.25, 0.3) is 0 Å². The van der Waals surface area contributed by atoms with Gasteiger partial charge in [0, 0.05) is 39.5 Å². The lowest BCUT2D eigenvalue weighted by Crippen LogP contribution is -2.25. The van der Waals surface area contributed by atoms with Gasteiger partial charge in [-0.1, -0.05) is 0 Å². The predicted octanol–water partition coefficient (Wildman–Crippen LogP) is -0.340. The van der Waals surface area contributed by atoms with E-state index in [4.69, 9.17) is 0 Å². The summed E-state index contributed by atoms with van der Waals surface area (Å²) in [6.07, 6.45) is 3.28. The first kappa shape index (κ1) is 11.2. The maximum atomic E-state index is 11.2. The third-order valence-corrected chi connectivity index (χ3v) is 1.84. The number of hydrogen-bond donors (Lipinski definition) is 2. The molecule has 0 fully saturated rings. The number of nitrogens with zero attached hydrogens (tertiary/aromatic N) is 2. The number of H-pyrrole nitrogens is 1. The fourth-order valence-corrected chi connectivity index (χ4v) is 0.989. The Kier molecular flexibility index (Phi) is 3.84. The van der Waals surface area contributed by atoms with E-state index in [9.17, 15) is 9.59 Å². The summed E-state index contributed by atoms with van der Waals surface area (Å²) in [6, 6.07) is 0. The minimum atomic E-state index is -0.283. The Morgan fingerprint density at radius 2 is 2.33 bits per heavy atom. The van der Waals surface area contributed by atoms with Gasteiger partial charge in [-0.3, -0.25) is 9.59 Å². The number of anilines is 1. The highest BCUT2D eigenvalue weighted by molar-refractivity contribution is 5.76. The Balaban J connectivity index is 2.42. The van der Waals surface area contributed by atoms with E-state index in [0.717, 1.165) is 0 Å². The molecule has 0 radical (unpaired) electrons. The predicted molar refractivity (Wildman–Crippen MR) is 56.7 cm³/mol. The minimum absolute atomic E-state index is 0.00913. The Morgan fingerprint density at radius 3 is 2.93 bits per heavy atom. The van der Waals surface area contributed by atoms with Gasteiger partial charge in [-0.25, -0.2) is 4.98 Å². The maximum absolute atomic E-state index is 11.2. The van der Waals surface area contributed by atoms with Crippen LogP contribution in [0.4, 0.5) is 5.82 Å². The van der Waals surface area contributed by atoms with Crippen LogP contribution in [-0.2, 0) is 4.79 Å². The molecule has 0 aliphatic heterocycles. The molecular weight excluding hydrogens is 196 g/mol. The molecule has 0 unspecified atom stereocenters. The SMILES string of the molecule is CN(C)C(=O)CCNc1ncc[nH]c1=O. The second kappa shape index (κ2) is 5.14. The van der Waals surface area contributed by atoms with Crippen molar-refractivity contribution in [2.24, 2.45) is 0 Å². The van der Waals surface area contributed by atoms with Crippen LogP contribution in [0, 0.1) is 0 Å². The number of aromatic nitrogens is 2. The van der Waals surface area contributed by atoms with E-state index in [1.165, 1.54) is 17.3 Å². The zero-order chi connectivity index (χ0) is 11.3. The van der Waals surface area contributed by atoms with E-state index in [-0.39, 0.29) is 17.3 Å². The van der Waals surface area contributed by atoms with Gasteiger partial charge in [0.15, 0.2) is 5.82 Å². The molecule has 0 bridgehead atoms. The third-order valence-electron chi connectivity index (χ3n) is 1.84. The van der Waals surface area contributed by atoms with Crippen molar-refractivity contribution in [3.8, 4) is 0 Å². The van der Waals surface area contributed by atoms with Crippen LogP contribution in [-0.4, -0.2) is 41.4 Å². The molecule has 0 aromatic carbocycles. The summed E-state index contributed by atoms with van der Waals surface area (Å²) in [4.78, 5) is 30.2. The zero-order valence-corrected chi connectivity index (χ0v) is 8.78. The first-order valence-electron chi connectivity index (χ1n) is 4.59. The number of nitrogens with one attached hydrogen (secondary N) is 2. The molecule has 2 N–H and O–H groups in total. The highest BCUT2D eigenvalue weighted by Gasteiger charge is 2.04. The van der Waals surface area contributed by atoms with Gasteiger partial charge < -0.3 is 15.2 Å². The van der Waals surface area contributed by atoms with E-state index < -0.39 is 0 Å². The Bertz CT molecular complexity index is 386. The van der Waals surface area contributed by atoms with Gasteiger partial charge in [-0.2, -0.15) is 0 Å². The van der Waals surface area contributed by atoms with Crippen molar-refractivity contribution in [3.05, 3.63) is 22.7 Å². The topological polar surface area (TPSA) is 78.1 Å². The second-order valence-electron chi connectivity index (χ2n) is 3.23. The summed E-state index contributed by atoms with van der Waals surface area (Å²) in [5.74, 6) is 0.249. The third kappa shape index (κ3) is 3.41. The highest BCUT2D eigenvalue weighted by Crippen LogP contribution is 1.92. The van der Waals surface area contributed by atoms with E-state index in [0.29, 0.717) is 13.0 Å². The molecule has 0 saturated heterocycles. The number of hydrogen-bond acceptors (Lipinski definition) is 4. The summed E-state index contributed by atoms with van der Waals surface area (Å²) in [7, 11) is 3.38. The molecule has 1 rings (SSSR count). The van der Waals surface area contributed by atoms with Gasteiger partial charge in [0.2, 0.25) is 5.91 Å². The molecule has 1 amide bonds. The van der Waals surface area contributed by atoms with Crippen LogP contribution in [0.15, 0.2) is 17.2 Å². The first-order chi connectivity index (χ1) is 7.11. The van der Waals surface area contributed by atoms with Crippen LogP contribution in [0.1, 0.15) is 6.42 Å². The molecule has 1 aromatic heterocycles. The molecule has 15 heavy (non-hydrogen) atoms. The van der Waals surface area contributed by atoms with Crippen molar-refractivity contribution < 1.29 is 4.79 Å². The van der Waals surface area contributed by atoms with Gasteiger partial charge in [0.25, 0.3) is 5.56 Å². The quantitative estimate of drug-likeness (QED) is 0.712. The largest absolute Gasteiger partial charge is 0.365 e. The fourth-order valence-electron chi connectivity index (χ4n) is 0.989. The van der Waals surface area contributed by atoms with Crippen molar-refractivity contribution in [1.82, 2.24) is 14.9 Å². The van der Waals surface area contributed by atoms with Crippen molar-refractivity contribution in [2.75, 3.05) is 26.0 Å². The second-order valence-corrected chi connectivity index (χ2v) is 3.23. The van der Waals surface area contributed by atoms with Gasteiger partial charge >= 0.3 is 0 Å². The minimum Gasteiger partial charge on any atom is -0.365 e. The van der Waals surface area contributed by atoms with Crippen LogP contribution in [0.3, 0.4) is 0 Å². The van der Waals surface area contributed by atoms with Gasteiger partial charge in [-0.05, 0) is 0 Å². The summed E-state index contributed by atoms with van der Waals surface area (Å²) in [6.45, 7) is 0.400. The number of rotatable bonds is 4. The van der Waals surface area contributed by atoms with E-state index in [2.05, 4.69) is 15.3 Å². The van der Waals surface area contributed by atoms with Crippen molar-refractivity contribution in [3.63, 3.8) is 0 Å². The van der Waals surface area contributed by atoms with Crippen molar-refractivity contribution in [1.29, 1.82) is 0 Å². The van der Waals surface area contributed by atoms with E-state index >= 15 is 0 Å². The molecule has 0 atom stereocenters. The number of amides is 1. The Labute approximate surface area is 87.3 Å². The van der Waals surface area contributed by atoms with E-state index in [1.54, 1.807) is 14.1 Å². The van der Waals surface area contributed by atoms with Crippen LogP contribution in [0.2, 0.25) is 0 Å². The standard InChI is InChI=1S/C9H14N4O2/c1-13(2)7(14)3-4-10-8-9(15)12-6-5-11-8/h5-6H,3-4H2,1-2H3,(H,10,11)(H,12,15). The summed E-state index contributed by atoms with van der Waals surface area (Å²) in [5, 5.41) is 2.80. The number of carbonyl (C=O) groups is 1. The molecule has 0 saturated carbocycles. The maximum Gasteiger partial charge on any atom is 0.290 e. The molecule has 6 heteroatoms. The summed E-state index contributed by atoms with van der Waals surface area (Å²) < 4.78 is 0. The average molecular weight is 210 g/mol. The summed E-state index contributed by atoms with van der Waals surface area (Å²) in [5.41, 5.74) is -0.283.